The number of nitrogens with zero attached hydrogens (tertiary/aromatic N) is 2. The third-order valence-electron chi connectivity index (χ3n) is 4.62. The number of fused-ring (bicyclic) bond motifs is 1. The molecule has 2 aromatic heterocycles. The van der Waals surface area contributed by atoms with Crippen LogP contribution in [-0.4, -0.2) is 25.5 Å². The Morgan fingerprint density at radius 3 is 2.45 bits per heavy atom. The monoisotopic (exact) mass is 435 g/mol. The number of benzene rings is 2. The molecule has 0 unspecified atom stereocenters. The number of anilines is 1. The van der Waals surface area contributed by atoms with Crippen molar-refractivity contribution in [2.24, 2.45) is 0 Å². The first kappa shape index (κ1) is 20.6. The summed E-state index contributed by atoms with van der Waals surface area (Å²) in [6.45, 7) is 3.87. The molecular formula is C23H21N3O4S. The number of sulfonamides is 1. The number of ether oxygens (including phenoxy) is 2. The zero-order chi connectivity index (χ0) is 22.0. The molecule has 8 heteroatoms. The normalized spacial score (nSPS) is 11.3. The first-order chi connectivity index (χ1) is 14.9. The summed E-state index contributed by atoms with van der Waals surface area (Å²) < 4.78 is 39.6. The number of aryl methyl sites for hydroxylation is 2. The molecule has 0 aliphatic heterocycles. The van der Waals surface area contributed by atoms with Crippen LogP contribution in [0.15, 0.2) is 71.9 Å². The van der Waals surface area contributed by atoms with Crippen LogP contribution >= 0.6 is 0 Å². The van der Waals surface area contributed by atoms with Gasteiger partial charge in [0.1, 0.15) is 4.90 Å². The van der Waals surface area contributed by atoms with Gasteiger partial charge >= 0.3 is 0 Å². The fraction of sp³-hybridized carbons (Fsp3) is 0.130. The van der Waals surface area contributed by atoms with Crippen molar-refractivity contribution in [3.8, 4) is 17.4 Å². The number of hydrogen-bond acceptors (Lipinski definition) is 6. The standard InChI is InChI=1S/C23H21N3O4S/c1-15-7-9-19(20(12-15)29-3)30-22-10-8-18(14-24-22)26-31(27,28)21-6-4-5-17-11-16(2)13-25-23(17)21/h4-14,26H,1-3H3. The highest BCUT2D eigenvalue weighted by Crippen LogP contribution is 2.32. The molecule has 0 bridgehead atoms. The Morgan fingerprint density at radius 1 is 0.871 bits per heavy atom. The quantitative estimate of drug-likeness (QED) is 0.466. The van der Waals surface area contributed by atoms with Crippen LogP contribution in [0.2, 0.25) is 0 Å². The van der Waals surface area contributed by atoms with Gasteiger partial charge in [-0.2, -0.15) is 0 Å². The molecule has 2 aromatic carbocycles. The van der Waals surface area contributed by atoms with E-state index in [0.717, 1.165) is 16.5 Å². The van der Waals surface area contributed by atoms with E-state index in [1.165, 1.54) is 12.3 Å². The summed E-state index contributed by atoms with van der Waals surface area (Å²) in [6.07, 6.45) is 3.05. The lowest BCUT2D eigenvalue weighted by Gasteiger charge is -2.12. The van der Waals surface area contributed by atoms with Gasteiger partial charge in [0.05, 0.1) is 24.5 Å². The molecule has 1 N–H and O–H groups in total. The summed E-state index contributed by atoms with van der Waals surface area (Å²) in [6, 6.07) is 15.7. The van der Waals surface area contributed by atoms with E-state index in [0.29, 0.717) is 28.6 Å². The highest BCUT2D eigenvalue weighted by Gasteiger charge is 2.19. The number of hydrogen-bond donors (Lipinski definition) is 1. The lowest BCUT2D eigenvalue weighted by molar-refractivity contribution is 0.374. The maximum atomic E-state index is 13.0. The summed E-state index contributed by atoms with van der Waals surface area (Å²) in [5, 5.41) is 0.761. The Hall–Kier alpha value is -3.65. The molecule has 4 aromatic rings. The molecule has 0 saturated carbocycles. The van der Waals surface area contributed by atoms with E-state index >= 15 is 0 Å². The average Bonchev–Trinajstić information content (AvgIpc) is 2.75. The van der Waals surface area contributed by atoms with Crippen molar-refractivity contribution in [2.75, 3.05) is 11.8 Å². The lowest BCUT2D eigenvalue weighted by atomic mass is 10.2. The third kappa shape index (κ3) is 4.44. The van der Waals surface area contributed by atoms with Crippen LogP contribution < -0.4 is 14.2 Å². The first-order valence-corrected chi connectivity index (χ1v) is 11.0. The van der Waals surface area contributed by atoms with Crippen molar-refractivity contribution < 1.29 is 17.9 Å². The van der Waals surface area contributed by atoms with Crippen molar-refractivity contribution in [1.82, 2.24) is 9.97 Å². The number of nitrogens with one attached hydrogen (secondary N) is 1. The van der Waals surface area contributed by atoms with Gasteiger partial charge in [-0.15, -0.1) is 0 Å². The molecule has 0 fully saturated rings. The molecule has 0 amide bonds. The summed E-state index contributed by atoms with van der Waals surface area (Å²) >= 11 is 0. The van der Waals surface area contributed by atoms with Crippen LogP contribution in [0.1, 0.15) is 11.1 Å². The molecule has 2 heterocycles. The number of pyridine rings is 2. The van der Waals surface area contributed by atoms with Crippen LogP contribution in [0.5, 0.6) is 17.4 Å². The second-order valence-electron chi connectivity index (χ2n) is 7.09. The molecular weight excluding hydrogens is 414 g/mol. The SMILES string of the molecule is COc1cc(C)ccc1Oc1ccc(NS(=O)(=O)c2cccc3cc(C)cnc23)cn1. The van der Waals surface area contributed by atoms with Gasteiger partial charge < -0.3 is 9.47 Å². The molecule has 31 heavy (non-hydrogen) atoms. The lowest BCUT2D eigenvalue weighted by Crippen LogP contribution is -2.14. The smallest absolute Gasteiger partial charge is 0.264 e. The zero-order valence-electron chi connectivity index (χ0n) is 17.3. The number of rotatable bonds is 6. The van der Waals surface area contributed by atoms with Gasteiger partial charge in [0.2, 0.25) is 5.88 Å². The molecule has 158 valence electrons. The molecule has 4 rings (SSSR count). The van der Waals surface area contributed by atoms with Crippen LogP contribution in [0.4, 0.5) is 5.69 Å². The minimum Gasteiger partial charge on any atom is -0.493 e. The molecule has 0 spiro atoms. The van der Waals surface area contributed by atoms with Crippen molar-refractivity contribution in [3.63, 3.8) is 0 Å². The van der Waals surface area contributed by atoms with Gasteiger partial charge in [-0.25, -0.2) is 13.4 Å². The van der Waals surface area contributed by atoms with Crippen LogP contribution in [0.25, 0.3) is 10.9 Å². The van der Waals surface area contributed by atoms with Gasteiger partial charge in [0.15, 0.2) is 11.5 Å². The van der Waals surface area contributed by atoms with Gasteiger partial charge in [0, 0.05) is 17.6 Å². The predicted octanol–water partition coefficient (Wildman–Crippen LogP) is 4.85. The summed E-state index contributed by atoms with van der Waals surface area (Å²) in [4.78, 5) is 8.61. The van der Waals surface area contributed by atoms with E-state index < -0.39 is 10.0 Å². The van der Waals surface area contributed by atoms with E-state index in [-0.39, 0.29) is 4.90 Å². The van der Waals surface area contributed by atoms with Crippen molar-refractivity contribution in [1.29, 1.82) is 0 Å². The molecule has 0 atom stereocenters. The third-order valence-corrected chi connectivity index (χ3v) is 6.04. The maximum Gasteiger partial charge on any atom is 0.264 e. The topological polar surface area (TPSA) is 90.4 Å². The average molecular weight is 436 g/mol. The van der Waals surface area contributed by atoms with Gasteiger partial charge in [-0.1, -0.05) is 18.2 Å². The Morgan fingerprint density at radius 2 is 1.71 bits per heavy atom. The van der Waals surface area contributed by atoms with Gasteiger partial charge in [-0.05, 0) is 55.3 Å². The van der Waals surface area contributed by atoms with E-state index in [1.54, 1.807) is 37.6 Å². The van der Waals surface area contributed by atoms with E-state index in [2.05, 4.69) is 14.7 Å². The molecule has 0 aliphatic rings. The van der Waals surface area contributed by atoms with Crippen LogP contribution in [0, 0.1) is 13.8 Å². The van der Waals surface area contributed by atoms with Gasteiger partial charge in [-0.3, -0.25) is 9.71 Å². The van der Waals surface area contributed by atoms with Crippen molar-refractivity contribution >= 4 is 26.6 Å². The zero-order valence-corrected chi connectivity index (χ0v) is 18.1. The van der Waals surface area contributed by atoms with Crippen LogP contribution in [0.3, 0.4) is 0 Å². The highest BCUT2D eigenvalue weighted by molar-refractivity contribution is 7.93. The number of aromatic nitrogens is 2. The number of methoxy groups -OCH3 is 1. The van der Waals surface area contributed by atoms with Crippen molar-refractivity contribution in [2.45, 2.75) is 18.7 Å². The molecule has 0 saturated heterocycles. The Labute approximate surface area is 180 Å². The van der Waals surface area contributed by atoms with E-state index in [4.69, 9.17) is 9.47 Å². The summed E-state index contributed by atoms with van der Waals surface area (Å²) in [5.74, 6) is 1.42. The predicted molar refractivity (Wildman–Crippen MR) is 119 cm³/mol. The minimum atomic E-state index is -3.85. The Balaban J connectivity index is 1.57. The molecule has 0 radical (unpaired) electrons. The second kappa shape index (κ2) is 8.23. The summed E-state index contributed by atoms with van der Waals surface area (Å²) in [7, 11) is -2.29. The van der Waals surface area contributed by atoms with Gasteiger partial charge in [0.25, 0.3) is 10.0 Å². The highest BCUT2D eigenvalue weighted by atomic mass is 32.2. The largest absolute Gasteiger partial charge is 0.493 e. The molecule has 0 aliphatic carbocycles. The van der Waals surface area contributed by atoms with Crippen LogP contribution in [-0.2, 0) is 10.0 Å². The van der Waals surface area contributed by atoms with Crippen molar-refractivity contribution in [3.05, 3.63) is 78.1 Å². The first-order valence-electron chi connectivity index (χ1n) is 9.52. The maximum absolute atomic E-state index is 13.0. The Bertz CT molecular complexity index is 1350. The fourth-order valence-electron chi connectivity index (χ4n) is 3.14. The van der Waals surface area contributed by atoms with E-state index in [1.807, 2.05) is 38.1 Å². The fourth-order valence-corrected chi connectivity index (χ4v) is 4.37. The minimum absolute atomic E-state index is 0.106. The second-order valence-corrected chi connectivity index (χ2v) is 8.74. The Kier molecular flexibility index (Phi) is 5.48. The number of para-hydroxylation sites is 1. The summed E-state index contributed by atoms with van der Waals surface area (Å²) in [5.41, 5.74) is 2.73. The molecule has 7 nitrogen and oxygen atoms in total. The van der Waals surface area contributed by atoms with E-state index in [9.17, 15) is 8.42 Å².